The lowest BCUT2D eigenvalue weighted by Crippen LogP contribution is -2.30. The Bertz CT molecular complexity index is 1180. The van der Waals surface area contributed by atoms with Crippen LogP contribution >= 0.6 is 12.2 Å². The number of nitrogens with zero attached hydrogens (tertiary/aromatic N) is 4. The smallest absolute Gasteiger partial charge is 0.174 e. The molecule has 5 rings (SSSR count). The molecular formula is C24H20FN5S. The molecule has 1 aromatic carbocycles. The monoisotopic (exact) mass is 429 g/mol. The fourth-order valence-electron chi connectivity index (χ4n) is 4.06. The lowest BCUT2D eigenvalue weighted by Gasteiger charge is -2.29. The van der Waals surface area contributed by atoms with E-state index in [1.54, 1.807) is 24.5 Å². The molecule has 5 nitrogen and oxygen atoms in total. The summed E-state index contributed by atoms with van der Waals surface area (Å²) in [5, 5.41) is 4.02. The molecule has 3 aromatic heterocycles. The maximum atomic E-state index is 13.6. The second-order valence-electron chi connectivity index (χ2n) is 7.40. The van der Waals surface area contributed by atoms with Crippen molar-refractivity contribution in [2.45, 2.75) is 18.6 Å². The third kappa shape index (κ3) is 3.80. The molecule has 0 spiro atoms. The van der Waals surface area contributed by atoms with Crippen LogP contribution in [-0.2, 0) is 6.54 Å². The van der Waals surface area contributed by atoms with Crippen molar-refractivity contribution in [3.8, 4) is 0 Å². The van der Waals surface area contributed by atoms with E-state index in [0.717, 1.165) is 22.6 Å². The minimum absolute atomic E-state index is 0.152. The van der Waals surface area contributed by atoms with Gasteiger partial charge in [-0.25, -0.2) is 4.39 Å². The number of thiocarbonyl (C=S) groups is 1. The molecule has 1 N–H and O–H groups in total. The van der Waals surface area contributed by atoms with Gasteiger partial charge in [0.25, 0.3) is 0 Å². The molecule has 4 aromatic rings. The minimum Gasteiger partial charge on any atom is -0.351 e. The highest BCUT2D eigenvalue weighted by Crippen LogP contribution is 2.41. The number of hydrogen-bond acceptors (Lipinski definition) is 3. The Morgan fingerprint density at radius 2 is 1.84 bits per heavy atom. The molecule has 31 heavy (non-hydrogen) atoms. The maximum absolute atomic E-state index is 13.6. The zero-order chi connectivity index (χ0) is 21.2. The van der Waals surface area contributed by atoms with Crippen molar-refractivity contribution in [1.82, 2.24) is 19.9 Å². The number of aromatic nitrogens is 3. The van der Waals surface area contributed by atoms with Crippen LogP contribution in [0.25, 0.3) is 0 Å². The van der Waals surface area contributed by atoms with Gasteiger partial charge in [-0.2, -0.15) is 0 Å². The van der Waals surface area contributed by atoms with Gasteiger partial charge in [0.05, 0.1) is 11.7 Å². The van der Waals surface area contributed by atoms with E-state index in [9.17, 15) is 4.39 Å². The molecule has 0 unspecified atom stereocenters. The van der Waals surface area contributed by atoms with Gasteiger partial charge in [-0.1, -0.05) is 12.1 Å². The molecule has 7 heteroatoms. The van der Waals surface area contributed by atoms with E-state index >= 15 is 0 Å². The molecule has 154 valence electrons. The number of anilines is 1. The topological polar surface area (TPSA) is 46.0 Å². The first-order valence-electron chi connectivity index (χ1n) is 10.0. The Morgan fingerprint density at radius 1 is 0.968 bits per heavy atom. The quantitative estimate of drug-likeness (QED) is 0.468. The standard InChI is InChI=1S/C24H20FN5S/c25-18-8-10-19(11-9-18)30-23(22(28-24(30)31)20-6-1-2-13-27-20)21-7-4-14-29(21)16-17-5-3-12-26-15-17/h1-15,22-23H,16H2,(H,28,31)/t22-,23+/m1/s1. The van der Waals surface area contributed by atoms with E-state index in [-0.39, 0.29) is 17.9 Å². The van der Waals surface area contributed by atoms with E-state index in [0.29, 0.717) is 11.7 Å². The molecular weight excluding hydrogens is 409 g/mol. The van der Waals surface area contributed by atoms with Gasteiger partial charge in [0.15, 0.2) is 5.11 Å². The molecule has 0 radical (unpaired) electrons. The molecule has 2 atom stereocenters. The Kier molecular flexibility index (Phi) is 5.18. The molecule has 0 amide bonds. The van der Waals surface area contributed by atoms with Gasteiger partial charge < -0.3 is 14.8 Å². The van der Waals surface area contributed by atoms with Crippen molar-refractivity contribution >= 4 is 23.0 Å². The largest absolute Gasteiger partial charge is 0.351 e. The molecule has 4 heterocycles. The Morgan fingerprint density at radius 3 is 2.58 bits per heavy atom. The van der Waals surface area contributed by atoms with Crippen molar-refractivity contribution in [2.75, 3.05) is 4.90 Å². The lowest BCUT2D eigenvalue weighted by atomic mass is 10.0. The van der Waals surface area contributed by atoms with Crippen molar-refractivity contribution in [3.63, 3.8) is 0 Å². The van der Waals surface area contributed by atoms with Crippen LogP contribution in [0.2, 0.25) is 0 Å². The molecule has 0 bridgehead atoms. The van der Waals surface area contributed by atoms with Gasteiger partial charge in [0.2, 0.25) is 0 Å². The summed E-state index contributed by atoms with van der Waals surface area (Å²) in [4.78, 5) is 10.9. The van der Waals surface area contributed by atoms with Gasteiger partial charge in [-0.05, 0) is 72.4 Å². The van der Waals surface area contributed by atoms with Crippen LogP contribution in [0.5, 0.6) is 0 Å². The van der Waals surface area contributed by atoms with Crippen LogP contribution in [0.3, 0.4) is 0 Å². The summed E-state index contributed by atoms with van der Waals surface area (Å²) in [6.45, 7) is 0.686. The second kappa shape index (κ2) is 8.28. The maximum Gasteiger partial charge on any atom is 0.174 e. The van der Waals surface area contributed by atoms with Gasteiger partial charge in [-0.3, -0.25) is 9.97 Å². The highest BCUT2D eigenvalue weighted by atomic mass is 32.1. The van der Waals surface area contributed by atoms with Crippen molar-refractivity contribution in [2.24, 2.45) is 0 Å². The highest BCUT2D eigenvalue weighted by molar-refractivity contribution is 7.80. The summed E-state index contributed by atoms with van der Waals surface area (Å²) in [5.41, 5.74) is 3.91. The first kappa shape index (κ1) is 19.4. The zero-order valence-electron chi connectivity index (χ0n) is 16.6. The predicted molar refractivity (Wildman–Crippen MR) is 122 cm³/mol. The Hall–Kier alpha value is -3.58. The second-order valence-corrected chi connectivity index (χ2v) is 7.78. The van der Waals surface area contributed by atoms with Crippen LogP contribution in [0.1, 0.15) is 29.0 Å². The van der Waals surface area contributed by atoms with E-state index in [2.05, 4.69) is 38.2 Å². The average Bonchev–Trinajstić information content (AvgIpc) is 3.39. The van der Waals surface area contributed by atoms with Gasteiger partial charge >= 0.3 is 0 Å². The fourth-order valence-corrected chi connectivity index (χ4v) is 4.41. The SMILES string of the molecule is Fc1ccc(N2C(=S)N[C@H](c3ccccn3)[C@@H]2c2cccn2Cc2cccnc2)cc1. The van der Waals surface area contributed by atoms with E-state index in [4.69, 9.17) is 12.2 Å². The first-order chi connectivity index (χ1) is 15.2. The van der Waals surface area contributed by atoms with Gasteiger partial charge in [0, 0.05) is 42.7 Å². The van der Waals surface area contributed by atoms with Crippen molar-refractivity contribution in [1.29, 1.82) is 0 Å². The fraction of sp³-hybridized carbons (Fsp3) is 0.125. The predicted octanol–water partition coefficient (Wildman–Crippen LogP) is 4.64. The van der Waals surface area contributed by atoms with Gasteiger partial charge in [-0.15, -0.1) is 0 Å². The van der Waals surface area contributed by atoms with Crippen LogP contribution in [0.4, 0.5) is 10.1 Å². The summed E-state index contributed by atoms with van der Waals surface area (Å²) in [5.74, 6) is -0.278. The molecule has 1 aliphatic heterocycles. The molecule has 0 aliphatic carbocycles. The third-order valence-electron chi connectivity index (χ3n) is 5.45. The number of halogens is 1. The van der Waals surface area contributed by atoms with E-state index in [1.807, 2.05) is 41.4 Å². The average molecular weight is 430 g/mol. The first-order valence-corrected chi connectivity index (χ1v) is 10.4. The third-order valence-corrected chi connectivity index (χ3v) is 5.76. The zero-order valence-corrected chi connectivity index (χ0v) is 17.4. The number of benzene rings is 1. The lowest BCUT2D eigenvalue weighted by molar-refractivity contribution is 0.533. The summed E-state index contributed by atoms with van der Waals surface area (Å²) in [6, 6.07) is 20.1. The van der Waals surface area contributed by atoms with E-state index in [1.165, 1.54) is 12.1 Å². The van der Waals surface area contributed by atoms with Crippen LogP contribution < -0.4 is 10.2 Å². The number of pyridine rings is 2. The number of hydrogen-bond donors (Lipinski definition) is 1. The molecule has 0 saturated carbocycles. The normalized spacial score (nSPS) is 18.2. The molecule has 1 saturated heterocycles. The number of rotatable bonds is 5. The van der Waals surface area contributed by atoms with Crippen molar-refractivity contribution < 1.29 is 4.39 Å². The Balaban J connectivity index is 1.60. The molecule has 1 fully saturated rings. The summed E-state index contributed by atoms with van der Waals surface area (Å²) < 4.78 is 15.8. The highest BCUT2D eigenvalue weighted by Gasteiger charge is 2.42. The Labute approximate surface area is 185 Å². The summed E-state index contributed by atoms with van der Waals surface area (Å²) in [7, 11) is 0. The summed E-state index contributed by atoms with van der Waals surface area (Å²) in [6.07, 6.45) is 7.48. The number of nitrogens with one attached hydrogen (secondary N) is 1. The van der Waals surface area contributed by atoms with Crippen LogP contribution in [0.15, 0.2) is 91.5 Å². The van der Waals surface area contributed by atoms with E-state index < -0.39 is 0 Å². The van der Waals surface area contributed by atoms with Crippen LogP contribution in [0, 0.1) is 5.82 Å². The summed E-state index contributed by atoms with van der Waals surface area (Å²) >= 11 is 5.73. The molecule has 1 aliphatic rings. The van der Waals surface area contributed by atoms with Crippen LogP contribution in [-0.4, -0.2) is 19.6 Å². The minimum atomic E-state index is -0.278. The van der Waals surface area contributed by atoms with Crippen molar-refractivity contribution in [3.05, 3.63) is 114 Å². The van der Waals surface area contributed by atoms with Gasteiger partial charge in [0.1, 0.15) is 11.9 Å².